The molecule has 1 aromatic heterocycles. The van der Waals surface area contributed by atoms with E-state index in [-0.39, 0.29) is 6.42 Å². The van der Waals surface area contributed by atoms with E-state index in [1.54, 1.807) is 7.05 Å². The summed E-state index contributed by atoms with van der Waals surface area (Å²) in [5.41, 5.74) is 6.26. The second-order valence-corrected chi connectivity index (χ2v) is 2.28. The molecule has 0 aliphatic heterocycles. The molecule has 5 nitrogen and oxygen atoms in total. The van der Waals surface area contributed by atoms with Crippen molar-refractivity contribution in [2.75, 3.05) is 5.73 Å². The van der Waals surface area contributed by atoms with Gasteiger partial charge in [0.15, 0.2) is 0 Å². The van der Waals surface area contributed by atoms with Gasteiger partial charge in [-0.2, -0.15) is 15.6 Å². The Bertz CT molecular complexity index is 376. The lowest BCUT2D eigenvalue weighted by Crippen LogP contribution is -1.97. The van der Waals surface area contributed by atoms with Crippen LogP contribution in [0, 0.1) is 22.7 Å². The van der Waals surface area contributed by atoms with Crippen molar-refractivity contribution in [1.29, 1.82) is 10.5 Å². The van der Waals surface area contributed by atoms with Crippen LogP contribution < -0.4 is 5.73 Å². The minimum Gasteiger partial charge on any atom is -0.383 e. The third-order valence-corrected chi connectivity index (χ3v) is 1.52. The second kappa shape index (κ2) is 2.93. The molecule has 0 fully saturated rings. The van der Waals surface area contributed by atoms with Crippen molar-refractivity contribution in [3.05, 3.63) is 11.3 Å². The first-order valence-electron chi connectivity index (χ1n) is 3.29. The summed E-state index contributed by atoms with van der Waals surface area (Å²) in [6, 6.07) is 3.83. The zero-order valence-electron chi connectivity index (χ0n) is 6.57. The lowest BCUT2D eigenvalue weighted by Gasteiger charge is -1.89. The number of hydrogen-bond donors (Lipinski definition) is 1. The summed E-state index contributed by atoms with van der Waals surface area (Å²) in [5, 5.41) is 21.0. The van der Waals surface area contributed by atoms with Crippen molar-refractivity contribution in [2.24, 2.45) is 7.05 Å². The van der Waals surface area contributed by atoms with Gasteiger partial charge in [-0.15, -0.1) is 0 Å². The SMILES string of the molecule is Cn1nc(CC#N)c(C#N)c1N. The summed E-state index contributed by atoms with van der Waals surface area (Å²) in [5.74, 6) is 0.308. The standard InChI is InChI=1S/C7H7N5/c1-12-7(10)5(4-9)6(11-12)2-3-8/h2,10H2,1H3. The number of nitrogens with zero attached hydrogens (tertiary/aromatic N) is 4. The van der Waals surface area contributed by atoms with E-state index in [2.05, 4.69) is 5.10 Å². The largest absolute Gasteiger partial charge is 0.383 e. The van der Waals surface area contributed by atoms with E-state index in [0.717, 1.165) is 0 Å². The van der Waals surface area contributed by atoms with Gasteiger partial charge in [-0.05, 0) is 0 Å². The molecule has 1 rings (SSSR count). The summed E-state index contributed by atoms with van der Waals surface area (Å²) in [4.78, 5) is 0. The first-order chi connectivity index (χ1) is 5.70. The molecule has 5 heteroatoms. The van der Waals surface area contributed by atoms with Crippen molar-refractivity contribution in [3.8, 4) is 12.1 Å². The third-order valence-electron chi connectivity index (χ3n) is 1.52. The van der Waals surface area contributed by atoms with E-state index in [9.17, 15) is 0 Å². The maximum atomic E-state index is 8.65. The van der Waals surface area contributed by atoms with E-state index in [0.29, 0.717) is 17.1 Å². The predicted molar refractivity (Wildman–Crippen MR) is 41.7 cm³/mol. The number of aromatic nitrogens is 2. The topological polar surface area (TPSA) is 91.4 Å². The lowest BCUT2D eigenvalue weighted by atomic mass is 10.2. The first-order valence-corrected chi connectivity index (χ1v) is 3.29. The molecule has 0 saturated heterocycles. The third kappa shape index (κ3) is 1.08. The molecule has 60 valence electrons. The van der Waals surface area contributed by atoms with Crippen LogP contribution in [0.4, 0.5) is 5.82 Å². The molecule has 1 heterocycles. The molecule has 1 aromatic rings. The highest BCUT2D eigenvalue weighted by Crippen LogP contribution is 2.14. The zero-order chi connectivity index (χ0) is 9.14. The summed E-state index contributed by atoms with van der Waals surface area (Å²) in [7, 11) is 1.64. The Morgan fingerprint density at radius 3 is 2.75 bits per heavy atom. The number of aryl methyl sites for hydroxylation is 1. The van der Waals surface area contributed by atoms with Gasteiger partial charge >= 0.3 is 0 Å². The molecular formula is C7H7N5. The smallest absolute Gasteiger partial charge is 0.139 e. The summed E-state index contributed by atoms with van der Waals surface area (Å²) < 4.78 is 1.39. The van der Waals surface area contributed by atoms with E-state index >= 15 is 0 Å². The predicted octanol–water partition coefficient (Wildman–Crippen LogP) is -0.0599. The molecule has 12 heavy (non-hydrogen) atoms. The van der Waals surface area contributed by atoms with Crippen LogP contribution in [0.1, 0.15) is 11.3 Å². The highest BCUT2D eigenvalue weighted by Gasteiger charge is 2.11. The van der Waals surface area contributed by atoms with Crippen LogP contribution >= 0.6 is 0 Å². The molecule has 0 aliphatic rings. The molecule has 0 spiro atoms. The Hall–Kier alpha value is -2.01. The van der Waals surface area contributed by atoms with Crippen molar-refractivity contribution in [1.82, 2.24) is 9.78 Å². The monoisotopic (exact) mass is 161 g/mol. The average molecular weight is 161 g/mol. The minimum absolute atomic E-state index is 0.119. The molecule has 2 N–H and O–H groups in total. The van der Waals surface area contributed by atoms with E-state index in [1.807, 2.05) is 12.1 Å². The fraction of sp³-hybridized carbons (Fsp3) is 0.286. The second-order valence-electron chi connectivity index (χ2n) is 2.28. The molecule has 0 saturated carbocycles. The van der Waals surface area contributed by atoms with E-state index < -0.39 is 0 Å². The molecular weight excluding hydrogens is 154 g/mol. The molecule has 0 aliphatic carbocycles. The van der Waals surface area contributed by atoms with Crippen molar-refractivity contribution >= 4 is 5.82 Å². The van der Waals surface area contributed by atoms with Crippen LogP contribution in [-0.4, -0.2) is 9.78 Å². The Kier molecular flexibility index (Phi) is 1.98. The molecule has 0 unspecified atom stereocenters. The van der Waals surface area contributed by atoms with E-state index in [1.165, 1.54) is 4.68 Å². The Morgan fingerprint density at radius 1 is 1.58 bits per heavy atom. The van der Waals surface area contributed by atoms with Gasteiger partial charge in [-0.25, -0.2) is 0 Å². The fourth-order valence-electron chi connectivity index (χ4n) is 0.915. The van der Waals surface area contributed by atoms with Crippen molar-refractivity contribution in [3.63, 3.8) is 0 Å². The van der Waals surface area contributed by atoms with Crippen LogP contribution in [0.15, 0.2) is 0 Å². The van der Waals surface area contributed by atoms with Crippen LogP contribution in [0.25, 0.3) is 0 Å². The summed E-state index contributed by atoms with van der Waals surface area (Å²) in [6.45, 7) is 0. The summed E-state index contributed by atoms with van der Waals surface area (Å²) >= 11 is 0. The van der Waals surface area contributed by atoms with Gasteiger partial charge < -0.3 is 5.73 Å². The van der Waals surface area contributed by atoms with Gasteiger partial charge in [0.05, 0.1) is 18.2 Å². The fourth-order valence-corrected chi connectivity index (χ4v) is 0.915. The zero-order valence-corrected chi connectivity index (χ0v) is 6.57. The number of nitrogen functional groups attached to an aromatic ring is 1. The van der Waals surface area contributed by atoms with Crippen LogP contribution in [0.3, 0.4) is 0 Å². The van der Waals surface area contributed by atoms with Crippen molar-refractivity contribution in [2.45, 2.75) is 6.42 Å². The first kappa shape index (κ1) is 8.09. The Morgan fingerprint density at radius 2 is 2.25 bits per heavy atom. The Balaban J connectivity index is 3.24. The van der Waals surface area contributed by atoms with Gasteiger partial charge in [0, 0.05) is 7.05 Å². The van der Waals surface area contributed by atoms with Crippen LogP contribution in [0.2, 0.25) is 0 Å². The molecule has 0 bridgehead atoms. The number of nitriles is 2. The van der Waals surface area contributed by atoms with Crippen molar-refractivity contribution < 1.29 is 0 Å². The van der Waals surface area contributed by atoms with Gasteiger partial charge in [0.25, 0.3) is 0 Å². The normalized spacial score (nSPS) is 8.92. The lowest BCUT2D eigenvalue weighted by molar-refractivity contribution is 0.761. The number of hydrogen-bond acceptors (Lipinski definition) is 4. The van der Waals surface area contributed by atoms with Crippen LogP contribution in [0.5, 0.6) is 0 Å². The molecule has 0 aromatic carbocycles. The van der Waals surface area contributed by atoms with Gasteiger partial charge in [-0.3, -0.25) is 4.68 Å². The Labute approximate surface area is 69.6 Å². The maximum Gasteiger partial charge on any atom is 0.139 e. The van der Waals surface area contributed by atoms with Gasteiger partial charge in [0.2, 0.25) is 0 Å². The number of nitrogens with two attached hydrogens (primary N) is 1. The van der Waals surface area contributed by atoms with Crippen LogP contribution in [-0.2, 0) is 13.5 Å². The summed E-state index contributed by atoms with van der Waals surface area (Å²) in [6.07, 6.45) is 0.119. The highest BCUT2D eigenvalue weighted by molar-refractivity contribution is 5.52. The average Bonchev–Trinajstić information content (AvgIpc) is 2.29. The minimum atomic E-state index is 0.119. The number of anilines is 1. The number of rotatable bonds is 1. The molecule has 0 amide bonds. The highest BCUT2D eigenvalue weighted by atomic mass is 15.3. The molecule has 0 atom stereocenters. The van der Waals surface area contributed by atoms with E-state index in [4.69, 9.17) is 16.3 Å². The van der Waals surface area contributed by atoms with Gasteiger partial charge in [-0.1, -0.05) is 0 Å². The molecule has 0 radical (unpaired) electrons. The quantitative estimate of drug-likeness (QED) is 0.624. The van der Waals surface area contributed by atoms with Gasteiger partial charge in [0.1, 0.15) is 17.5 Å². The maximum absolute atomic E-state index is 8.65.